The Morgan fingerprint density at radius 1 is 1.10 bits per heavy atom. The van der Waals surface area contributed by atoms with E-state index in [1.165, 1.54) is 18.4 Å². The van der Waals surface area contributed by atoms with E-state index < -0.39 is 0 Å². The predicted octanol–water partition coefficient (Wildman–Crippen LogP) is 2.67. The molecule has 0 atom stereocenters. The van der Waals surface area contributed by atoms with E-state index in [4.69, 9.17) is 25.8 Å². The van der Waals surface area contributed by atoms with Crippen molar-refractivity contribution in [2.75, 3.05) is 39.5 Å². The summed E-state index contributed by atoms with van der Waals surface area (Å²) < 4.78 is 16.5. The van der Waals surface area contributed by atoms with Crippen LogP contribution in [0.2, 0.25) is 5.02 Å². The van der Waals surface area contributed by atoms with Gasteiger partial charge in [0, 0.05) is 13.2 Å². The molecule has 1 aromatic carbocycles. The molecule has 0 saturated carbocycles. The minimum atomic E-state index is 0.568. The lowest BCUT2D eigenvalue weighted by molar-refractivity contribution is 0.0664. The number of hydrogen-bond donors (Lipinski definition) is 1. The summed E-state index contributed by atoms with van der Waals surface area (Å²) in [4.78, 5) is 0. The monoisotopic (exact) mass is 311 g/mol. The van der Waals surface area contributed by atoms with Gasteiger partial charge in [0.25, 0.3) is 0 Å². The number of benzene rings is 1. The minimum Gasteiger partial charge on any atom is -0.486 e. The van der Waals surface area contributed by atoms with Crippen LogP contribution >= 0.6 is 11.6 Å². The van der Waals surface area contributed by atoms with Crippen LogP contribution < -0.4 is 14.8 Å². The highest BCUT2D eigenvalue weighted by atomic mass is 35.5. The Morgan fingerprint density at radius 2 is 1.90 bits per heavy atom. The Bertz CT molecular complexity index is 475. The van der Waals surface area contributed by atoms with Gasteiger partial charge in [-0.25, -0.2) is 0 Å². The molecule has 0 unspecified atom stereocenters. The Balaban J connectivity index is 1.47. The highest BCUT2D eigenvalue weighted by molar-refractivity contribution is 6.32. The maximum absolute atomic E-state index is 6.24. The van der Waals surface area contributed by atoms with Crippen LogP contribution in [0.25, 0.3) is 0 Å². The molecule has 0 bridgehead atoms. The molecular formula is C16H22ClNO3. The fourth-order valence-corrected chi connectivity index (χ4v) is 3.09. The Kier molecular flexibility index (Phi) is 5.22. The maximum Gasteiger partial charge on any atom is 0.179 e. The first kappa shape index (κ1) is 14.9. The molecule has 21 heavy (non-hydrogen) atoms. The highest BCUT2D eigenvalue weighted by Crippen LogP contribution is 2.38. The van der Waals surface area contributed by atoms with E-state index in [0.29, 0.717) is 24.0 Å². The molecule has 2 heterocycles. The molecule has 0 spiro atoms. The molecule has 0 amide bonds. The summed E-state index contributed by atoms with van der Waals surface area (Å²) in [5.41, 5.74) is 1.18. The Morgan fingerprint density at radius 3 is 2.76 bits per heavy atom. The van der Waals surface area contributed by atoms with Crippen molar-refractivity contribution in [3.05, 3.63) is 22.7 Å². The number of halogens is 1. The summed E-state index contributed by atoms with van der Waals surface area (Å²) in [6.45, 7) is 5.00. The molecule has 116 valence electrons. The molecule has 1 saturated heterocycles. The lowest BCUT2D eigenvalue weighted by Crippen LogP contribution is -2.29. The number of rotatable bonds is 5. The van der Waals surface area contributed by atoms with Gasteiger partial charge in [-0.1, -0.05) is 11.6 Å². The fourth-order valence-electron chi connectivity index (χ4n) is 2.80. The second-order valence-electron chi connectivity index (χ2n) is 5.61. The van der Waals surface area contributed by atoms with Crippen molar-refractivity contribution in [1.29, 1.82) is 0 Å². The van der Waals surface area contributed by atoms with Crippen LogP contribution in [0.1, 0.15) is 18.4 Å². The topological polar surface area (TPSA) is 39.7 Å². The third-order valence-electron chi connectivity index (χ3n) is 4.02. The van der Waals surface area contributed by atoms with E-state index in [2.05, 4.69) is 5.32 Å². The van der Waals surface area contributed by atoms with Crippen LogP contribution in [0.4, 0.5) is 0 Å². The van der Waals surface area contributed by atoms with E-state index >= 15 is 0 Å². The maximum atomic E-state index is 6.24. The lowest BCUT2D eigenvalue weighted by atomic mass is 10.0. The van der Waals surface area contributed by atoms with Crippen LogP contribution in [-0.4, -0.2) is 39.5 Å². The van der Waals surface area contributed by atoms with Crippen LogP contribution in [0.15, 0.2) is 12.1 Å². The molecule has 0 aliphatic carbocycles. The van der Waals surface area contributed by atoms with E-state index in [1.54, 1.807) is 0 Å². The summed E-state index contributed by atoms with van der Waals surface area (Å²) in [5.74, 6) is 2.21. The molecule has 0 radical (unpaired) electrons. The van der Waals surface area contributed by atoms with E-state index in [0.717, 1.165) is 44.4 Å². The fraction of sp³-hybridized carbons (Fsp3) is 0.625. The second kappa shape index (κ2) is 7.34. The van der Waals surface area contributed by atoms with Crippen molar-refractivity contribution in [3.8, 4) is 11.5 Å². The summed E-state index contributed by atoms with van der Waals surface area (Å²) >= 11 is 6.24. The SMILES string of the molecule is Clc1cc(CCNCC2CCOCC2)cc2c1OCCO2. The first-order valence-electron chi connectivity index (χ1n) is 7.69. The smallest absolute Gasteiger partial charge is 0.179 e. The van der Waals surface area contributed by atoms with Crippen LogP contribution in [0, 0.1) is 5.92 Å². The molecule has 4 nitrogen and oxygen atoms in total. The molecule has 0 aromatic heterocycles. The standard InChI is InChI=1S/C16H22ClNO3/c17-14-9-13(10-15-16(14)21-8-7-20-15)1-4-18-11-12-2-5-19-6-3-12/h9-10,12,18H,1-8,11H2. The Hall–Kier alpha value is -0.970. The van der Waals surface area contributed by atoms with Gasteiger partial charge in [0.1, 0.15) is 13.2 Å². The molecule has 1 N–H and O–H groups in total. The summed E-state index contributed by atoms with van der Waals surface area (Å²) in [6.07, 6.45) is 3.28. The van der Waals surface area contributed by atoms with Crippen molar-refractivity contribution >= 4 is 11.6 Å². The quantitative estimate of drug-likeness (QED) is 0.849. The largest absolute Gasteiger partial charge is 0.486 e. The van der Waals surface area contributed by atoms with Gasteiger partial charge in [0.2, 0.25) is 0 Å². The normalized spacial score (nSPS) is 18.7. The highest BCUT2D eigenvalue weighted by Gasteiger charge is 2.17. The van der Waals surface area contributed by atoms with Gasteiger partial charge in [-0.3, -0.25) is 0 Å². The number of fused-ring (bicyclic) bond motifs is 1. The zero-order chi connectivity index (χ0) is 14.5. The molecule has 2 aliphatic rings. The first-order chi connectivity index (χ1) is 10.3. The molecule has 2 aliphatic heterocycles. The molecule has 1 fully saturated rings. The third-order valence-corrected chi connectivity index (χ3v) is 4.30. The summed E-state index contributed by atoms with van der Waals surface area (Å²) in [6, 6.07) is 4.02. The van der Waals surface area contributed by atoms with Crippen LogP contribution in [0.5, 0.6) is 11.5 Å². The zero-order valence-electron chi connectivity index (χ0n) is 12.2. The molecule has 3 rings (SSSR count). The van der Waals surface area contributed by atoms with Crippen LogP contribution in [0.3, 0.4) is 0 Å². The third kappa shape index (κ3) is 4.02. The molecular weight excluding hydrogens is 290 g/mol. The number of ether oxygens (including phenoxy) is 3. The van der Waals surface area contributed by atoms with Gasteiger partial charge >= 0.3 is 0 Å². The van der Waals surface area contributed by atoms with Gasteiger partial charge in [0.05, 0.1) is 5.02 Å². The average molecular weight is 312 g/mol. The van der Waals surface area contributed by atoms with Gasteiger partial charge in [0.15, 0.2) is 11.5 Å². The Labute approximate surface area is 130 Å². The van der Waals surface area contributed by atoms with Gasteiger partial charge in [-0.2, -0.15) is 0 Å². The van der Waals surface area contributed by atoms with Gasteiger partial charge in [-0.05, 0) is 56.0 Å². The number of hydrogen-bond acceptors (Lipinski definition) is 4. The zero-order valence-corrected chi connectivity index (χ0v) is 13.0. The van der Waals surface area contributed by atoms with Gasteiger partial charge < -0.3 is 19.5 Å². The van der Waals surface area contributed by atoms with E-state index in [-0.39, 0.29) is 0 Å². The van der Waals surface area contributed by atoms with Crippen molar-refractivity contribution < 1.29 is 14.2 Å². The molecule has 1 aromatic rings. The van der Waals surface area contributed by atoms with Crippen molar-refractivity contribution in [2.24, 2.45) is 5.92 Å². The van der Waals surface area contributed by atoms with Crippen molar-refractivity contribution in [1.82, 2.24) is 5.32 Å². The summed E-state index contributed by atoms with van der Waals surface area (Å²) in [7, 11) is 0. The van der Waals surface area contributed by atoms with Crippen molar-refractivity contribution in [3.63, 3.8) is 0 Å². The van der Waals surface area contributed by atoms with Gasteiger partial charge in [-0.15, -0.1) is 0 Å². The van der Waals surface area contributed by atoms with E-state index in [9.17, 15) is 0 Å². The lowest BCUT2D eigenvalue weighted by Gasteiger charge is -2.22. The summed E-state index contributed by atoms with van der Waals surface area (Å²) in [5, 5.41) is 4.18. The predicted molar refractivity (Wildman–Crippen MR) is 82.6 cm³/mol. The van der Waals surface area contributed by atoms with E-state index in [1.807, 2.05) is 12.1 Å². The number of nitrogens with one attached hydrogen (secondary N) is 1. The average Bonchev–Trinajstić information content (AvgIpc) is 2.53. The first-order valence-corrected chi connectivity index (χ1v) is 8.07. The second-order valence-corrected chi connectivity index (χ2v) is 6.02. The van der Waals surface area contributed by atoms with Crippen LogP contribution in [-0.2, 0) is 11.2 Å². The van der Waals surface area contributed by atoms with Crippen molar-refractivity contribution in [2.45, 2.75) is 19.3 Å². The minimum absolute atomic E-state index is 0.568. The molecule has 5 heteroatoms.